The molecule has 1 aliphatic heterocycles. The Balaban J connectivity index is 1.64. The van der Waals surface area contributed by atoms with Crippen molar-refractivity contribution in [3.63, 3.8) is 0 Å². The minimum atomic E-state index is -0.832. The second-order valence-electron chi connectivity index (χ2n) is 6.46. The van der Waals surface area contributed by atoms with Crippen LogP contribution in [0.25, 0.3) is 0 Å². The number of esters is 1. The SMILES string of the molecule is CCOC(=O)c1cccc(NC(=O)CN2C(=O)NC3(CCCC3)C2=O)c1. The highest BCUT2D eigenvalue weighted by Crippen LogP contribution is 2.34. The molecule has 1 heterocycles. The average molecular weight is 359 g/mol. The molecule has 1 saturated carbocycles. The van der Waals surface area contributed by atoms with Gasteiger partial charge in [0, 0.05) is 5.69 Å². The second-order valence-corrected chi connectivity index (χ2v) is 6.46. The smallest absolute Gasteiger partial charge is 0.338 e. The fourth-order valence-electron chi connectivity index (χ4n) is 3.42. The van der Waals surface area contributed by atoms with E-state index in [0.29, 0.717) is 24.1 Å². The van der Waals surface area contributed by atoms with Crippen LogP contribution < -0.4 is 10.6 Å². The predicted octanol–water partition coefficient (Wildman–Crippen LogP) is 1.67. The maximum atomic E-state index is 12.5. The first-order valence-corrected chi connectivity index (χ1v) is 8.66. The molecule has 1 aromatic rings. The number of nitrogens with zero attached hydrogens (tertiary/aromatic N) is 1. The van der Waals surface area contributed by atoms with Crippen molar-refractivity contribution < 1.29 is 23.9 Å². The molecule has 1 spiro atoms. The fraction of sp³-hybridized carbons (Fsp3) is 0.444. The predicted molar refractivity (Wildman–Crippen MR) is 92.5 cm³/mol. The minimum absolute atomic E-state index is 0.253. The first-order valence-electron chi connectivity index (χ1n) is 8.66. The normalized spacial score (nSPS) is 18.1. The Labute approximate surface area is 150 Å². The lowest BCUT2D eigenvalue weighted by Crippen LogP contribution is -2.44. The van der Waals surface area contributed by atoms with Crippen molar-refractivity contribution in [2.24, 2.45) is 0 Å². The van der Waals surface area contributed by atoms with Crippen molar-refractivity contribution in [3.05, 3.63) is 29.8 Å². The van der Waals surface area contributed by atoms with Crippen molar-refractivity contribution in [2.75, 3.05) is 18.5 Å². The molecule has 2 fully saturated rings. The molecule has 8 nitrogen and oxygen atoms in total. The number of nitrogens with one attached hydrogen (secondary N) is 2. The number of rotatable bonds is 5. The number of hydrogen-bond donors (Lipinski definition) is 2. The van der Waals surface area contributed by atoms with Gasteiger partial charge < -0.3 is 15.4 Å². The van der Waals surface area contributed by atoms with Gasteiger partial charge in [0.15, 0.2) is 0 Å². The summed E-state index contributed by atoms with van der Waals surface area (Å²) >= 11 is 0. The largest absolute Gasteiger partial charge is 0.462 e. The topological polar surface area (TPSA) is 105 Å². The van der Waals surface area contributed by atoms with E-state index in [1.807, 2.05) is 0 Å². The second kappa shape index (κ2) is 7.15. The molecule has 1 aliphatic carbocycles. The highest BCUT2D eigenvalue weighted by atomic mass is 16.5. The van der Waals surface area contributed by atoms with Crippen LogP contribution in [-0.4, -0.2) is 47.4 Å². The molecular weight excluding hydrogens is 338 g/mol. The average Bonchev–Trinajstić information content (AvgIpc) is 3.16. The zero-order chi connectivity index (χ0) is 18.7. The molecule has 4 amide bonds. The van der Waals surface area contributed by atoms with Crippen molar-refractivity contribution in [1.82, 2.24) is 10.2 Å². The summed E-state index contributed by atoms with van der Waals surface area (Å²) < 4.78 is 4.92. The number of anilines is 1. The quantitative estimate of drug-likeness (QED) is 0.615. The van der Waals surface area contributed by atoms with Gasteiger partial charge in [-0.3, -0.25) is 14.5 Å². The maximum Gasteiger partial charge on any atom is 0.338 e. The van der Waals surface area contributed by atoms with Crippen LogP contribution in [0, 0.1) is 0 Å². The molecule has 0 aromatic heterocycles. The van der Waals surface area contributed by atoms with E-state index < -0.39 is 23.4 Å². The molecule has 26 heavy (non-hydrogen) atoms. The molecule has 3 rings (SSSR count). The van der Waals surface area contributed by atoms with Gasteiger partial charge in [-0.2, -0.15) is 0 Å². The monoisotopic (exact) mass is 359 g/mol. The van der Waals surface area contributed by atoms with Gasteiger partial charge in [-0.15, -0.1) is 0 Å². The van der Waals surface area contributed by atoms with Crippen LogP contribution in [0.4, 0.5) is 10.5 Å². The van der Waals surface area contributed by atoms with E-state index in [1.165, 1.54) is 6.07 Å². The zero-order valence-electron chi connectivity index (χ0n) is 14.5. The third-order valence-electron chi connectivity index (χ3n) is 4.66. The molecule has 0 atom stereocenters. The molecule has 138 valence electrons. The van der Waals surface area contributed by atoms with E-state index in [2.05, 4.69) is 10.6 Å². The van der Waals surface area contributed by atoms with E-state index in [1.54, 1.807) is 25.1 Å². The molecule has 2 N–H and O–H groups in total. The summed E-state index contributed by atoms with van der Waals surface area (Å²) in [6.07, 6.45) is 2.98. The highest BCUT2D eigenvalue weighted by molar-refractivity contribution is 6.10. The maximum absolute atomic E-state index is 12.5. The molecule has 1 saturated heterocycles. The Morgan fingerprint density at radius 3 is 2.69 bits per heavy atom. The molecule has 0 radical (unpaired) electrons. The van der Waals surface area contributed by atoms with Crippen LogP contribution in [0.15, 0.2) is 24.3 Å². The molecule has 0 unspecified atom stereocenters. The third-order valence-corrected chi connectivity index (χ3v) is 4.66. The van der Waals surface area contributed by atoms with Crippen LogP contribution in [0.3, 0.4) is 0 Å². The third kappa shape index (κ3) is 3.40. The Hall–Kier alpha value is -2.90. The summed E-state index contributed by atoms with van der Waals surface area (Å²) in [4.78, 5) is 49.6. The van der Waals surface area contributed by atoms with Crippen molar-refractivity contribution in [3.8, 4) is 0 Å². The number of hydrogen-bond acceptors (Lipinski definition) is 5. The van der Waals surface area contributed by atoms with Crippen molar-refractivity contribution in [2.45, 2.75) is 38.1 Å². The summed E-state index contributed by atoms with van der Waals surface area (Å²) in [6.45, 7) is 1.60. The molecular formula is C18H21N3O5. The lowest BCUT2D eigenvalue weighted by molar-refractivity contribution is -0.133. The van der Waals surface area contributed by atoms with Gasteiger partial charge >= 0.3 is 12.0 Å². The van der Waals surface area contributed by atoms with Crippen LogP contribution in [0.2, 0.25) is 0 Å². The van der Waals surface area contributed by atoms with E-state index in [0.717, 1.165) is 17.7 Å². The molecule has 8 heteroatoms. The van der Waals surface area contributed by atoms with Gasteiger partial charge in [0.2, 0.25) is 5.91 Å². The molecule has 1 aromatic carbocycles. The van der Waals surface area contributed by atoms with E-state index in [-0.39, 0.29) is 19.1 Å². The first kappa shape index (κ1) is 17.9. The van der Waals surface area contributed by atoms with Gasteiger partial charge in [-0.1, -0.05) is 18.9 Å². The number of imide groups is 1. The molecule has 2 aliphatic rings. The van der Waals surface area contributed by atoms with Gasteiger partial charge in [0.05, 0.1) is 12.2 Å². The lowest BCUT2D eigenvalue weighted by atomic mass is 9.98. The van der Waals surface area contributed by atoms with Gasteiger partial charge in [-0.05, 0) is 38.0 Å². The summed E-state index contributed by atoms with van der Waals surface area (Å²) in [7, 11) is 0. The van der Waals surface area contributed by atoms with Crippen LogP contribution in [0.1, 0.15) is 43.0 Å². The van der Waals surface area contributed by atoms with Gasteiger partial charge in [0.25, 0.3) is 5.91 Å². The summed E-state index contributed by atoms with van der Waals surface area (Å²) in [6, 6.07) is 5.76. The van der Waals surface area contributed by atoms with E-state index in [4.69, 9.17) is 4.74 Å². The fourth-order valence-corrected chi connectivity index (χ4v) is 3.42. The summed E-state index contributed by atoms with van der Waals surface area (Å²) in [5, 5.41) is 5.34. The Bertz CT molecular complexity index is 755. The minimum Gasteiger partial charge on any atom is -0.462 e. The van der Waals surface area contributed by atoms with Gasteiger partial charge in [-0.25, -0.2) is 9.59 Å². The van der Waals surface area contributed by atoms with Crippen LogP contribution >= 0.6 is 0 Å². The van der Waals surface area contributed by atoms with Crippen molar-refractivity contribution >= 4 is 29.5 Å². The Morgan fingerprint density at radius 1 is 1.27 bits per heavy atom. The Kier molecular flexibility index (Phi) is 4.92. The summed E-state index contributed by atoms with van der Waals surface area (Å²) in [5.41, 5.74) is -0.131. The standard InChI is InChI=1S/C18H21N3O5/c1-2-26-15(23)12-6-5-7-13(10-12)19-14(22)11-21-16(24)18(20-17(21)25)8-3-4-9-18/h5-7,10H,2-4,8-9,11H2,1H3,(H,19,22)(H,20,25). The van der Waals surface area contributed by atoms with E-state index in [9.17, 15) is 19.2 Å². The number of amides is 4. The highest BCUT2D eigenvalue weighted by Gasteiger charge is 2.52. The summed E-state index contributed by atoms with van der Waals surface area (Å²) in [5.74, 6) is -1.33. The number of ether oxygens (including phenoxy) is 1. The zero-order valence-corrected chi connectivity index (χ0v) is 14.5. The Morgan fingerprint density at radius 2 is 2.00 bits per heavy atom. The number of carbonyl (C=O) groups excluding carboxylic acids is 4. The number of carbonyl (C=O) groups is 4. The first-order chi connectivity index (χ1) is 12.4. The lowest BCUT2D eigenvalue weighted by Gasteiger charge is -2.19. The number of benzene rings is 1. The number of urea groups is 1. The molecule has 0 bridgehead atoms. The van der Waals surface area contributed by atoms with Crippen molar-refractivity contribution in [1.29, 1.82) is 0 Å². The van der Waals surface area contributed by atoms with Gasteiger partial charge in [0.1, 0.15) is 12.1 Å². The van der Waals surface area contributed by atoms with Crippen LogP contribution in [0.5, 0.6) is 0 Å². The van der Waals surface area contributed by atoms with Crippen LogP contribution in [-0.2, 0) is 14.3 Å². The van der Waals surface area contributed by atoms with E-state index >= 15 is 0 Å².